The molecule has 1 saturated heterocycles. The summed E-state index contributed by atoms with van der Waals surface area (Å²) in [6.45, 7) is 4.35. The normalized spacial score (nSPS) is 26.1. The Labute approximate surface area is 96.1 Å². The van der Waals surface area contributed by atoms with Gasteiger partial charge in [0, 0.05) is 12.0 Å². The van der Waals surface area contributed by atoms with Gasteiger partial charge in [-0.2, -0.15) is 5.10 Å². The molecule has 1 aliphatic rings. The number of piperidine rings is 1. The summed E-state index contributed by atoms with van der Waals surface area (Å²) >= 11 is 0. The molecular formula is C8H16Cl2N4. The first-order chi connectivity index (χ1) is 5.81. The summed E-state index contributed by atoms with van der Waals surface area (Å²) in [7, 11) is 0. The van der Waals surface area contributed by atoms with Crippen LogP contribution in [0, 0.1) is 0 Å². The molecule has 1 aromatic rings. The molecule has 1 fully saturated rings. The molecule has 82 valence electrons. The third-order valence-corrected chi connectivity index (χ3v) is 2.58. The first-order valence-electron chi connectivity index (χ1n) is 4.38. The smallest absolute Gasteiger partial charge is 0.137 e. The Kier molecular flexibility index (Phi) is 5.41. The van der Waals surface area contributed by atoms with Crippen LogP contribution in [0.1, 0.15) is 25.6 Å². The van der Waals surface area contributed by atoms with Gasteiger partial charge < -0.3 is 5.32 Å². The SMILES string of the molecule is CC1(c2ncn[nH]2)CCCNC1.Cl.Cl. The molecule has 2 N–H and O–H groups in total. The van der Waals surface area contributed by atoms with Crippen molar-refractivity contribution < 1.29 is 0 Å². The Bertz CT molecular complexity index is 244. The van der Waals surface area contributed by atoms with E-state index in [0.29, 0.717) is 0 Å². The summed E-state index contributed by atoms with van der Waals surface area (Å²) in [5.74, 6) is 1.01. The lowest BCUT2D eigenvalue weighted by molar-refractivity contribution is 0.324. The minimum atomic E-state index is 0. The fourth-order valence-corrected chi connectivity index (χ4v) is 1.75. The van der Waals surface area contributed by atoms with Gasteiger partial charge in [0.05, 0.1) is 0 Å². The zero-order chi connectivity index (χ0) is 8.44. The highest BCUT2D eigenvalue weighted by molar-refractivity contribution is 5.85. The first kappa shape index (κ1) is 13.7. The molecule has 6 heteroatoms. The zero-order valence-electron chi connectivity index (χ0n) is 8.12. The van der Waals surface area contributed by atoms with Crippen molar-refractivity contribution in [3.8, 4) is 0 Å². The second-order valence-corrected chi connectivity index (χ2v) is 3.68. The van der Waals surface area contributed by atoms with E-state index in [1.807, 2.05) is 0 Å². The van der Waals surface area contributed by atoms with Crippen molar-refractivity contribution >= 4 is 24.8 Å². The predicted molar refractivity (Wildman–Crippen MR) is 60.3 cm³/mol. The first-order valence-corrected chi connectivity index (χ1v) is 4.38. The van der Waals surface area contributed by atoms with Crippen LogP contribution in [0.4, 0.5) is 0 Å². The molecule has 14 heavy (non-hydrogen) atoms. The topological polar surface area (TPSA) is 53.6 Å². The molecule has 0 amide bonds. The Morgan fingerprint density at radius 2 is 2.21 bits per heavy atom. The Balaban J connectivity index is 0.000000845. The van der Waals surface area contributed by atoms with Crippen LogP contribution < -0.4 is 5.32 Å². The minimum absolute atomic E-state index is 0. The number of aromatic amines is 1. The molecule has 0 bridgehead atoms. The number of nitrogens with one attached hydrogen (secondary N) is 2. The molecule has 0 saturated carbocycles. The van der Waals surface area contributed by atoms with Gasteiger partial charge in [0.1, 0.15) is 12.2 Å². The van der Waals surface area contributed by atoms with Crippen LogP contribution in [-0.4, -0.2) is 28.3 Å². The van der Waals surface area contributed by atoms with E-state index >= 15 is 0 Å². The van der Waals surface area contributed by atoms with Crippen LogP contribution in [0.2, 0.25) is 0 Å². The number of H-pyrrole nitrogens is 1. The second-order valence-electron chi connectivity index (χ2n) is 3.68. The molecule has 4 nitrogen and oxygen atoms in total. The lowest BCUT2D eigenvalue weighted by Crippen LogP contribution is -2.41. The van der Waals surface area contributed by atoms with E-state index in [2.05, 4.69) is 27.4 Å². The van der Waals surface area contributed by atoms with E-state index in [1.165, 1.54) is 12.8 Å². The maximum Gasteiger partial charge on any atom is 0.137 e. The maximum atomic E-state index is 4.20. The average molecular weight is 239 g/mol. The van der Waals surface area contributed by atoms with E-state index in [9.17, 15) is 0 Å². The number of halogens is 2. The van der Waals surface area contributed by atoms with Crippen molar-refractivity contribution in [1.82, 2.24) is 20.5 Å². The van der Waals surface area contributed by atoms with E-state index in [0.717, 1.165) is 18.9 Å². The highest BCUT2D eigenvalue weighted by Gasteiger charge is 2.31. The Morgan fingerprint density at radius 1 is 1.43 bits per heavy atom. The van der Waals surface area contributed by atoms with Gasteiger partial charge in [-0.1, -0.05) is 6.92 Å². The maximum absolute atomic E-state index is 4.20. The van der Waals surface area contributed by atoms with Gasteiger partial charge in [0.15, 0.2) is 0 Å². The molecule has 2 rings (SSSR count). The summed E-state index contributed by atoms with van der Waals surface area (Å²) in [6.07, 6.45) is 3.99. The Hall–Kier alpha value is -0.320. The van der Waals surface area contributed by atoms with Gasteiger partial charge in [-0.05, 0) is 19.4 Å². The summed E-state index contributed by atoms with van der Waals surface area (Å²) in [5.41, 5.74) is 0.161. The molecular weight excluding hydrogens is 223 g/mol. The molecule has 0 aliphatic carbocycles. The summed E-state index contributed by atoms with van der Waals surface area (Å²) in [6, 6.07) is 0. The van der Waals surface area contributed by atoms with Gasteiger partial charge in [-0.15, -0.1) is 24.8 Å². The molecule has 1 aliphatic heterocycles. The summed E-state index contributed by atoms with van der Waals surface area (Å²) < 4.78 is 0. The van der Waals surface area contributed by atoms with Gasteiger partial charge in [-0.25, -0.2) is 4.98 Å². The van der Waals surface area contributed by atoms with Gasteiger partial charge in [0.25, 0.3) is 0 Å². The summed E-state index contributed by atoms with van der Waals surface area (Å²) in [5, 5.41) is 10.2. The molecule has 1 unspecified atom stereocenters. The highest BCUT2D eigenvalue weighted by atomic mass is 35.5. The van der Waals surface area contributed by atoms with E-state index in [1.54, 1.807) is 6.33 Å². The van der Waals surface area contributed by atoms with Gasteiger partial charge >= 0.3 is 0 Å². The number of hydrogen-bond donors (Lipinski definition) is 2. The molecule has 1 aromatic heterocycles. The fraction of sp³-hybridized carbons (Fsp3) is 0.750. The molecule has 0 aromatic carbocycles. The van der Waals surface area contributed by atoms with Crippen molar-refractivity contribution in [1.29, 1.82) is 0 Å². The molecule has 0 radical (unpaired) electrons. The van der Waals surface area contributed by atoms with Gasteiger partial charge in [0.2, 0.25) is 0 Å². The van der Waals surface area contributed by atoms with E-state index in [4.69, 9.17) is 0 Å². The number of aromatic nitrogens is 3. The van der Waals surface area contributed by atoms with Crippen LogP contribution in [0.15, 0.2) is 6.33 Å². The predicted octanol–water partition coefficient (Wildman–Crippen LogP) is 1.29. The zero-order valence-corrected chi connectivity index (χ0v) is 9.75. The average Bonchev–Trinajstić information content (AvgIpc) is 2.58. The standard InChI is InChI=1S/C8H14N4.2ClH/c1-8(3-2-4-9-5-8)7-10-6-11-12-7;;/h6,9H,2-5H2,1H3,(H,10,11,12);2*1H. The molecule has 2 heterocycles. The quantitative estimate of drug-likeness (QED) is 0.776. The number of hydrogen-bond acceptors (Lipinski definition) is 3. The third-order valence-electron chi connectivity index (χ3n) is 2.58. The monoisotopic (exact) mass is 238 g/mol. The largest absolute Gasteiger partial charge is 0.316 e. The van der Waals surface area contributed by atoms with E-state index < -0.39 is 0 Å². The van der Waals surface area contributed by atoms with Crippen LogP contribution in [0.5, 0.6) is 0 Å². The van der Waals surface area contributed by atoms with Crippen LogP contribution in [-0.2, 0) is 5.41 Å². The van der Waals surface area contributed by atoms with E-state index in [-0.39, 0.29) is 30.2 Å². The van der Waals surface area contributed by atoms with Crippen LogP contribution in [0.3, 0.4) is 0 Å². The van der Waals surface area contributed by atoms with Crippen LogP contribution >= 0.6 is 24.8 Å². The van der Waals surface area contributed by atoms with Gasteiger partial charge in [-0.3, -0.25) is 5.10 Å². The van der Waals surface area contributed by atoms with Crippen molar-refractivity contribution in [2.45, 2.75) is 25.2 Å². The fourth-order valence-electron chi connectivity index (χ4n) is 1.75. The highest BCUT2D eigenvalue weighted by Crippen LogP contribution is 2.26. The Morgan fingerprint density at radius 3 is 2.71 bits per heavy atom. The lowest BCUT2D eigenvalue weighted by atomic mass is 9.82. The summed E-state index contributed by atoms with van der Waals surface area (Å²) in [4.78, 5) is 4.20. The van der Waals surface area contributed by atoms with Crippen molar-refractivity contribution in [3.05, 3.63) is 12.2 Å². The number of nitrogens with zero attached hydrogens (tertiary/aromatic N) is 2. The molecule has 0 spiro atoms. The van der Waals surface area contributed by atoms with Crippen LogP contribution in [0.25, 0.3) is 0 Å². The minimum Gasteiger partial charge on any atom is -0.316 e. The third kappa shape index (κ3) is 2.59. The number of rotatable bonds is 1. The molecule has 1 atom stereocenters. The van der Waals surface area contributed by atoms with Crippen molar-refractivity contribution in [2.75, 3.05) is 13.1 Å². The second kappa shape index (κ2) is 5.53. The van der Waals surface area contributed by atoms with Crippen molar-refractivity contribution in [2.24, 2.45) is 0 Å². The lowest BCUT2D eigenvalue weighted by Gasteiger charge is -2.31. The van der Waals surface area contributed by atoms with Crippen molar-refractivity contribution in [3.63, 3.8) is 0 Å².